The molecule has 17 heavy (non-hydrogen) atoms. The summed E-state index contributed by atoms with van der Waals surface area (Å²) in [6.45, 7) is 3.22. The fraction of sp³-hybridized carbons (Fsp3) is 0.538. The standard InChI is InChI=1S/C13H19NO2S/c15-10-9-14-7-5-13(6-8-14)17-12-3-1-11(16)2-4-12/h1-4,13,15-16H,5-10H2. The molecule has 4 heteroatoms. The van der Waals surface area contributed by atoms with Crippen LogP contribution >= 0.6 is 11.8 Å². The minimum atomic E-state index is 0.260. The van der Waals surface area contributed by atoms with Gasteiger partial charge in [-0.15, -0.1) is 11.8 Å². The van der Waals surface area contributed by atoms with E-state index >= 15 is 0 Å². The van der Waals surface area contributed by atoms with Crippen molar-refractivity contribution in [3.05, 3.63) is 24.3 Å². The molecule has 0 amide bonds. The monoisotopic (exact) mass is 253 g/mol. The van der Waals surface area contributed by atoms with Gasteiger partial charge in [0.1, 0.15) is 5.75 Å². The van der Waals surface area contributed by atoms with Crippen molar-refractivity contribution in [2.75, 3.05) is 26.2 Å². The fourth-order valence-corrected chi connectivity index (χ4v) is 3.23. The molecule has 1 aliphatic heterocycles. The summed E-state index contributed by atoms with van der Waals surface area (Å²) in [6.07, 6.45) is 2.34. The molecule has 0 bridgehead atoms. The molecule has 1 saturated heterocycles. The summed E-state index contributed by atoms with van der Waals surface area (Å²) in [5, 5.41) is 18.8. The van der Waals surface area contributed by atoms with E-state index < -0.39 is 0 Å². The second-order valence-corrected chi connectivity index (χ2v) is 5.75. The van der Waals surface area contributed by atoms with Crippen molar-refractivity contribution in [2.24, 2.45) is 0 Å². The number of aromatic hydroxyl groups is 1. The van der Waals surface area contributed by atoms with Crippen molar-refractivity contribution >= 4 is 11.8 Å². The smallest absolute Gasteiger partial charge is 0.115 e. The predicted molar refractivity (Wildman–Crippen MR) is 70.5 cm³/mol. The number of benzene rings is 1. The van der Waals surface area contributed by atoms with Crippen LogP contribution in [0.2, 0.25) is 0 Å². The topological polar surface area (TPSA) is 43.7 Å². The van der Waals surface area contributed by atoms with Gasteiger partial charge in [0.05, 0.1) is 6.61 Å². The highest BCUT2D eigenvalue weighted by atomic mass is 32.2. The quantitative estimate of drug-likeness (QED) is 0.860. The number of hydrogen-bond acceptors (Lipinski definition) is 4. The van der Waals surface area contributed by atoms with Crippen LogP contribution in [0.5, 0.6) is 5.75 Å². The number of hydrogen-bond donors (Lipinski definition) is 2. The van der Waals surface area contributed by atoms with E-state index in [9.17, 15) is 5.11 Å². The van der Waals surface area contributed by atoms with Crippen molar-refractivity contribution in [3.63, 3.8) is 0 Å². The highest BCUT2D eigenvalue weighted by molar-refractivity contribution is 8.00. The van der Waals surface area contributed by atoms with Gasteiger partial charge in [0, 0.05) is 16.7 Å². The summed E-state index contributed by atoms with van der Waals surface area (Å²) >= 11 is 1.89. The van der Waals surface area contributed by atoms with E-state index in [1.807, 2.05) is 23.9 Å². The van der Waals surface area contributed by atoms with E-state index in [2.05, 4.69) is 4.90 Å². The molecule has 94 valence electrons. The van der Waals surface area contributed by atoms with E-state index in [0.29, 0.717) is 11.0 Å². The Hall–Kier alpha value is -0.710. The van der Waals surface area contributed by atoms with E-state index in [1.54, 1.807) is 12.1 Å². The lowest BCUT2D eigenvalue weighted by Crippen LogP contribution is -2.36. The Labute approximate surface area is 106 Å². The molecule has 1 aromatic rings. The van der Waals surface area contributed by atoms with Crippen LogP contribution < -0.4 is 0 Å². The number of rotatable bonds is 4. The Balaban J connectivity index is 1.79. The molecule has 1 aromatic carbocycles. The van der Waals surface area contributed by atoms with Crippen molar-refractivity contribution in [1.82, 2.24) is 4.90 Å². The summed E-state index contributed by atoms with van der Waals surface area (Å²) < 4.78 is 0. The molecule has 0 saturated carbocycles. The largest absolute Gasteiger partial charge is 0.508 e. The number of thioether (sulfide) groups is 1. The lowest BCUT2D eigenvalue weighted by molar-refractivity contribution is 0.175. The average Bonchev–Trinajstić information content (AvgIpc) is 2.35. The van der Waals surface area contributed by atoms with Gasteiger partial charge in [-0.25, -0.2) is 0 Å². The van der Waals surface area contributed by atoms with Gasteiger partial charge in [-0.1, -0.05) is 0 Å². The van der Waals surface area contributed by atoms with Crippen LogP contribution in [0, 0.1) is 0 Å². The van der Waals surface area contributed by atoms with Crippen molar-refractivity contribution in [3.8, 4) is 5.75 Å². The zero-order chi connectivity index (χ0) is 12.1. The Morgan fingerprint density at radius 3 is 2.41 bits per heavy atom. The first-order valence-corrected chi connectivity index (χ1v) is 6.95. The van der Waals surface area contributed by atoms with Crippen LogP contribution in [0.1, 0.15) is 12.8 Å². The van der Waals surface area contributed by atoms with E-state index in [4.69, 9.17) is 5.11 Å². The number of aliphatic hydroxyl groups is 1. The summed E-state index contributed by atoms with van der Waals surface area (Å²) in [4.78, 5) is 3.54. The van der Waals surface area contributed by atoms with Crippen LogP contribution in [-0.4, -0.2) is 46.6 Å². The number of β-amino-alcohol motifs (C(OH)–C–C–N with tert-alkyl or cyclic N) is 1. The molecule has 3 nitrogen and oxygen atoms in total. The van der Waals surface area contributed by atoms with Crippen LogP contribution in [0.25, 0.3) is 0 Å². The van der Waals surface area contributed by atoms with Gasteiger partial charge in [0.25, 0.3) is 0 Å². The minimum Gasteiger partial charge on any atom is -0.508 e. The number of likely N-dealkylation sites (tertiary alicyclic amines) is 1. The molecule has 0 aliphatic carbocycles. The second kappa shape index (κ2) is 6.28. The molecule has 0 radical (unpaired) electrons. The molecular weight excluding hydrogens is 234 g/mol. The van der Waals surface area contributed by atoms with Gasteiger partial charge >= 0.3 is 0 Å². The molecule has 2 rings (SSSR count). The summed E-state index contributed by atoms with van der Waals surface area (Å²) in [6, 6.07) is 7.42. The molecule has 2 N–H and O–H groups in total. The highest BCUT2D eigenvalue weighted by Gasteiger charge is 2.19. The Morgan fingerprint density at radius 2 is 1.82 bits per heavy atom. The summed E-state index contributed by atoms with van der Waals surface area (Å²) in [5.41, 5.74) is 0. The van der Waals surface area contributed by atoms with Crippen LogP contribution in [0.15, 0.2) is 29.2 Å². The maximum Gasteiger partial charge on any atom is 0.115 e. The van der Waals surface area contributed by atoms with Crippen molar-refractivity contribution in [1.29, 1.82) is 0 Å². The maximum atomic E-state index is 9.22. The van der Waals surface area contributed by atoms with E-state index in [-0.39, 0.29) is 6.61 Å². The SMILES string of the molecule is OCCN1CCC(Sc2ccc(O)cc2)CC1. The van der Waals surface area contributed by atoms with Gasteiger partial charge in [-0.3, -0.25) is 0 Å². The zero-order valence-corrected chi connectivity index (χ0v) is 10.7. The number of piperidine rings is 1. The Bertz CT molecular complexity index is 334. The third-order valence-electron chi connectivity index (χ3n) is 3.09. The van der Waals surface area contributed by atoms with E-state index in [0.717, 1.165) is 19.6 Å². The normalized spacial score (nSPS) is 18.4. The van der Waals surface area contributed by atoms with Crippen molar-refractivity contribution in [2.45, 2.75) is 23.0 Å². The number of phenols is 1. The van der Waals surface area contributed by atoms with Crippen molar-refractivity contribution < 1.29 is 10.2 Å². The molecule has 0 spiro atoms. The Kier molecular flexibility index (Phi) is 4.71. The number of nitrogens with zero attached hydrogens (tertiary/aromatic N) is 1. The first kappa shape index (κ1) is 12.7. The van der Waals surface area contributed by atoms with Gasteiger partial charge in [0.15, 0.2) is 0 Å². The number of aliphatic hydroxyl groups excluding tert-OH is 1. The molecule has 0 atom stereocenters. The molecule has 0 unspecified atom stereocenters. The highest BCUT2D eigenvalue weighted by Crippen LogP contribution is 2.30. The Morgan fingerprint density at radius 1 is 1.18 bits per heavy atom. The zero-order valence-electron chi connectivity index (χ0n) is 9.88. The van der Waals surface area contributed by atoms with Gasteiger partial charge < -0.3 is 15.1 Å². The number of phenolic OH excluding ortho intramolecular Hbond substituents is 1. The molecule has 1 heterocycles. The molecule has 0 aromatic heterocycles. The molecule has 1 fully saturated rings. The lowest BCUT2D eigenvalue weighted by Gasteiger charge is -2.31. The molecular formula is C13H19NO2S. The predicted octanol–water partition coefficient (Wildman–Crippen LogP) is 1.94. The lowest BCUT2D eigenvalue weighted by atomic mass is 10.1. The average molecular weight is 253 g/mol. The van der Waals surface area contributed by atoms with Crippen LogP contribution in [-0.2, 0) is 0 Å². The maximum absolute atomic E-state index is 9.22. The summed E-state index contributed by atoms with van der Waals surface area (Å²) in [7, 11) is 0. The summed E-state index contributed by atoms with van der Waals surface area (Å²) in [5.74, 6) is 0.326. The third kappa shape index (κ3) is 3.91. The van der Waals surface area contributed by atoms with Crippen LogP contribution in [0.4, 0.5) is 0 Å². The first-order valence-electron chi connectivity index (χ1n) is 6.07. The van der Waals surface area contributed by atoms with E-state index in [1.165, 1.54) is 17.7 Å². The van der Waals surface area contributed by atoms with Gasteiger partial charge in [-0.2, -0.15) is 0 Å². The second-order valence-electron chi connectivity index (χ2n) is 4.38. The van der Waals surface area contributed by atoms with Gasteiger partial charge in [0.2, 0.25) is 0 Å². The third-order valence-corrected chi connectivity index (χ3v) is 4.44. The fourth-order valence-electron chi connectivity index (χ4n) is 2.11. The first-order chi connectivity index (χ1) is 8.28. The molecule has 1 aliphatic rings. The van der Waals surface area contributed by atoms with Gasteiger partial charge in [-0.05, 0) is 50.2 Å². The minimum absolute atomic E-state index is 0.260. The van der Waals surface area contributed by atoms with Crippen LogP contribution in [0.3, 0.4) is 0 Å².